The second kappa shape index (κ2) is 6.37. The van der Waals surface area contributed by atoms with E-state index >= 15 is 0 Å². The molecular formula is C14H12N3O4SW-. The van der Waals surface area contributed by atoms with Gasteiger partial charge in [-0.15, -0.1) is 40.5 Å². The SMILES string of the molecule is Cc1nnc(NC(=O)c2c[c-]c3c(c2C)S(=O)(=O)CC=C3)o1.[W]. The topological polar surface area (TPSA) is 102 Å². The van der Waals surface area contributed by atoms with Gasteiger partial charge in [0.2, 0.25) is 11.8 Å². The zero-order valence-corrected chi connectivity index (χ0v) is 16.0. The Morgan fingerprint density at radius 3 is 2.74 bits per heavy atom. The predicted octanol–water partition coefficient (Wildman–Crippen LogP) is 1.54. The number of carbonyl (C=O) groups excluding carboxylic acids is 1. The van der Waals surface area contributed by atoms with Gasteiger partial charge in [-0.1, -0.05) is 12.0 Å². The second-order valence-electron chi connectivity index (χ2n) is 4.83. The van der Waals surface area contributed by atoms with Gasteiger partial charge < -0.3 is 4.42 Å². The standard InChI is InChI=1S/C14H12N3O4S.W/c1-8-11(13(18)15-14-17-16-9(2)21-14)6-5-10-4-3-7-22(19,20)12(8)10;/h3-4,6H,7H2,1-2H3,(H,15,17,18);/q-1;. The Hall–Kier alpha value is -1.79. The van der Waals surface area contributed by atoms with Crippen molar-refractivity contribution in [2.75, 3.05) is 11.1 Å². The van der Waals surface area contributed by atoms with E-state index in [1.807, 2.05) is 0 Å². The van der Waals surface area contributed by atoms with Crippen molar-refractivity contribution in [2.45, 2.75) is 18.7 Å². The zero-order chi connectivity index (χ0) is 15.9. The summed E-state index contributed by atoms with van der Waals surface area (Å²) in [5.74, 6) is -0.288. The fraction of sp³-hybridized carbons (Fsp3) is 0.214. The van der Waals surface area contributed by atoms with E-state index in [1.165, 1.54) is 6.07 Å². The molecule has 0 aliphatic carbocycles. The van der Waals surface area contributed by atoms with Gasteiger partial charge in [0.05, 0.1) is 5.75 Å². The Morgan fingerprint density at radius 1 is 1.35 bits per heavy atom. The van der Waals surface area contributed by atoms with Crippen LogP contribution < -0.4 is 5.32 Å². The van der Waals surface area contributed by atoms with Gasteiger partial charge >= 0.3 is 6.01 Å². The number of amides is 1. The molecule has 2 aromatic rings. The van der Waals surface area contributed by atoms with Crippen molar-refractivity contribution in [3.8, 4) is 0 Å². The van der Waals surface area contributed by atoms with Crippen LogP contribution in [-0.2, 0) is 30.9 Å². The van der Waals surface area contributed by atoms with Gasteiger partial charge in [0.1, 0.15) is 9.84 Å². The van der Waals surface area contributed by atoms with Crippen LogP contribution in [0.4, 0.5) is 6.01 Å². The monoisotopic (exact) mass is 502 g/mol. The molecule has 1 aliphatic heterocycles. The molecule has 0 bridgehead atoms. The van der Waals surface area contributed by atoms with Crippen molar-refractivity contribution in [1.29, 1.82) is 0 Å². The van der Waals surface area contributed by atoms with Crippen molar-refractivity contribution in [2.24, 2.45) is 0 Å². The van der Waals surface area contributed by atoms with Gasteiger partial charge in [0.25, 0.3) is 0 Å². The third-order valence-corrected chi connectivity index (χ3v) is 5.04. The number of anilines is 1. The number of nitrogens with one attached hydrogen (secondary N) is 1. The number of hydrogen-bond acceptors (Lipinski definition) is 6. The molecule has 0 saturated carbocycles. The van der Waals surface area contributed by atoms with Crippen molar-refractivity contribution in [3.05, 3.63) is 40.8 Å². The van der Waals surface area contributed by atoms with Gasteiger partial charge in [0.15, 0.2) is 0 Å². The predicted molar refractivity (Wildman–Crippen MR) is 78.1 cm³/mol. The van der Waals surface area contributed by atoms with Gasteiger partial charge in [-0.2, -0.15) is 0 Å². The van der Waals surface area contributed by atoms with Crippen LogP contribution in [0.1, 0.15) is 27.4 Å². The molecule has 0 fully saturated rings. The summed E-state index contributed by atoms with van der Waals surface area (Å²) in [6.07, 6.45) is 3.25. The molecule has 9 heteroatoms. The van der Waals surface area contributed by atoms with Crippen LogP contribution in [0.15, 0.2) is 21.5 Å². The summed E-state index contributed by atoms with van der Waals surface area (Å²) in [7, 11) is -3.45. The minimum Gasteiger partial charge on any atom is -0.408 e. The smallest absolute Gasteiger partial charge is 0.321 e. The number of sulfone groups is 1. The molecule has 120 valence electrons. The molecule has 0 saturated heterocycles. The maximum Gasteiger partial charge on any atom is 0.321 e. The van der Waals surface area contributed by atoms with Crippen LogP contribution in [0.5, 0.6) is 0 Å². The molecule has 1 aromatic carbocycles. The van der Waals surface area contributed by atoms with Crippen molar-refractivity contribution in [1.82, 2.24) is 10.2 Å². The van der Waals surface area contributed by atoms with E-state index in [0.717, 1.165) is 0 Å². The van der Waals surface area contributed by atoms with E-state index in [4.69, 9.17) is 4.42 Å². The summed E-state index contributed by atoms with van der Waals surface area (Å²) in [5, 5.41) is 9.72. The first-order valence-electron chi connectivity index (χ1n) is 6.44. The maximum absolute atomic E-state index is 12.3. The maximum atomic E-state index is 12.3. The first kappa shape index (κ1) is 17.6. The number of carbonyl (C=O) groups is 1. The molecule has 0 spiro atoms. The molecule has 0 radical (unpaired) electrons. The molecule has 1 amide bonds. The average molecular weight is 502 g/mol. The van der Waals surface area contributed by atoms with E-state index in [1.54, 1.807) is 26.0 Å². The summed E-state index contributed by atoms with van der Waals surface area (Å²) in [5.41, 5.74) is 1.05. The minimum absolute atomic E-state index is 0. The van der Waals surface area contributed by atoms with Crippen molar-refractivity contribution in [3.63, 3.8) is 0 Å². The Bertz CT molecular complexity index is 903. The molecule has 0 atom stereocenters. The van der Waals surface area contributed by atoms with E-state index in [9.17, 15) is 13.2 Å². The zero-order valence-electron chi connectivity index (χ0n) is 12.3. The van der Waals surface area contributed by atoms with Gasteiger partial charge in [-0.25, -0.2) is 8.42 Å². The first-order chi connectivity index (χ1) is 10.4. The van der Waals surface area contributed by atoms with Crippen molar-refractivity contribution < 1.29 is 38.7 Å². The molecule has 23 heavy (non-hydrogen) atoms. The molecule has 2 heterocycles. The van der Waals surface area contributed by atoms with E-state index in [2.05, 4.69) is 21.6 Å². The Balaban J connectivity index is 0.00000192. The summed E-state index contributed by atoms with van der Waals surface area (Å²) >= 11 is 0. The van der Waals surface area contributed by atoms with E-state index < -0.39 is 15.7 Å². The molecule has 1 aromatic heterocycles. The van der Waals surface area contributed by atoms with Crippen LogP contribution in [0, 0.1) is 19.9 Å². The summed E-state index contributed by atoms with van der Waals surface area (Å²) < 4.78 is 29.4. The molecule has 1 N–H and O–H groups in total. The molecule has 0 unspecified atom stereocenters. The van der Waals surface area contributed by atoms with E-state index in [-0.39, 0.29) is 43.3 Å². The first-order valence-corrected chi connectivity index (χ1v) is 8.10. The quantitative estimate of drug-likeness (QED) is 0.626. The van der Waals surface area contributed by atoms with Gasteiger partial charge in [-0.05, 0) is 10.5 Å². The summed E-state index contributed by atoms with van der Waals surface area (Å²) in [4.78, 5) is 12.4. The van der Waals surface area contributed by atoms with Crippen LogP contribution >= 0.6 is 0 Å². The van der Waals surface area contributed by atoms with Crippen LogP contribution in [0.3, 0.4) is 0 Å². The number of nitrogens with zero attached hydrogens (tertiary/aromatic N) is 2. The Kier molecular flexibility index (Phi) is 4.86. The third kappa shape index (κ3) is 3.28. The summed E-state index contributed by atoms with van der Waals surface area (Å²) in [6.45, 7) is 3.19. The fourth-order valence-electron chi connectivity index (χ4n) is 2.30. The number of rotatable bonds is 2. The molecule has 1 aliphatic rings. The van der Waals surface area contributed by atoms with Crippen LogP contribution in [0.2, 0.25) is 0 Å². The fourth-order valence-corrected chi connectivity index (χ4v) is 3.85. The van der Waals surface area contributed by atoms with Crippen LogP contribution in [0.25, 0.3) is 6.08 Å². The molecule has 7 nitrogen and oxygen atoms in total. The number of fused-ring (bicyclic) bond motifs is 1. The number of benzene rings is 1. The van der Waals surface area contributed by atoms with E-state index in [0.29, 0.717) is 17.0 Å². The number of aryl methyl sites for hydroxylation is 1. The largest absolute Gasteiger partial charge is 0.408 e. The summed E-state index contributed by atoms with van der Waals surface area (Å²) in [6, 6.07) is 4.25. The third-order valence-electron chi connectivity index (χ3n) is 3.26. The molecule has 3 rings (SSSR count). The van der Waals surface area contributed by atoms with Crippen LogP contribution in [-0.4, -0.2) is 30.3 Å². The Labute approximate surface area is 147 Å². The second-order valence-corrected chi connectivity index (χ2v) is 6.81. The van der Waals surface area contributed by atoms with Gasteiger partial charge in [-0.3, -0.25) is 10.1 Å². The Morgan fingerprint density at radius 2 is 2.09 bits per heavy atom. The number of hydrogen-bond donors (Lipinski definition) is 1. The average Bonchev–Trinajstić information content (AvgIpc) is 2.83. The number of aromatic nitrogens is 2. The van der Waals surface area contributed by atoms with Crippen molar-refractivity contribution >= 4 is 27.8 Å². The van der Waals surface area contributed by atoms with Gasteiger partial charge in [0, 0.05) is 28.0 Å². The minimum atomic E-state index is -3.45. The normalized spacial score (nSPS) is 14.7. The molecular weight excluding hydrogens is 490 g/mol.